The van der Waals surface area contributed by atoms with Gasteiger partial charge in [0.2, 0.25) is 6.29 Å². The van der Waals surface area contributed by atoms with Gasteiger partial charge in [0.1, 0.15) is 13.2 Å². The Hall–Kier alpha value is -2.83. The lowest BCUT2D eigenvalue weighted by Gasteiger charge is -2.27. The molecule has 236 valence electrons. The van der Waals surface area contributed by atoms with Gasteiger partial charge in [-0.05, 0) is 48.8 Å². The third-order valence-corrected chi connectivity index (χ3v) is 9.41. The summed E-state index contributed by atoms with van der Waals surface area (Å²) in [6.45, 7) is 4.78. The Kier molecular flexibility index (Phi) is 17.7. The van der Waals surface area contributed by atoms with Crippen molar-refractivity contribution in [2.24, 2.45) is 5.92 Å². The minimum absolute atomic E-state index is 0.134. The molecule has 9 nitrogen and oxygen atoms in total. The van der Waals surface area contributed by atoms with Crippen LogP contribution >= 0.6 is 33.3 Å². The van der Waals surface area contributed by atoms with Crippen LogP contribution in [0.2, 0.25) is 0 Å². The van der Waals surface area contributed by atoms with E-state index in [4.69, 9.17) is 14.2 Å². The van der Waals surface area contributed by atoms with Crippen molar-refractivity contribution >= 4 is 56.6 Å². The van der Waals surface area contributed by atoms with Crippen LogP contribution in [0.25, 0.3) is 0 Å². The topological polar surface area (TPSA) is 120 Å². The number of amides is 2. The lowest BCUT2D eigenvalue weighted by molar-refractivity contribution is -0.168. The van der Waals surface area contributed by atoms with Gasteiger partial charge in [-0.2, -0.15) is 11.8 Å². The van der Waals surface area contributed by atoms with Crippen molar-refractivity contribution in [3.05, 3.63) is 71.8 Å². The van der Waals surface area contributed by atoms with E-state index in [-0.39, 0.29) is 35.6 Å². The highest BCUT2D eigenvalue weighted by molar-refractivity contribution is 8.82. The molecule has 0 spiro atoms. The normalized spacial score (nSPS) is 13.0. The van der Waals surface area contributed by atoms with Crippen molar-refractivity contribution in [2.45, 2.75) is 70.6 Å². The van der Waals surface area contributed by atoms with Crippen molar-refractivity contribution in [1.82, 2.24) is 10.6 Å². The van der Waals surface area contributed by atoms with Crippen LogP contribution in [0, 0.1) is 5.92 Å². The van der Waals surface area contributed by atoms with E-state index < -0.39 is 24.3 Å². The number of hydrogen-bond acceptors (Lipinski definition) is 10. The average molecular weight is 651 g/mol. The van der Waals surface area contributed by atoms with Gasteiger partial charge < -0.3 is 24.8 Å². The number of aryl methyl sites for hydroxylation is 1. The minimum atomic E-state index is -1.04. The van der Waals surface area contributed by atoms with E-state index in [9.17, 15) is 19.2 Å². The molecule has 2 aromatic carbocycles. The smallest absolute Gasteiger partial charge is 0.410 e. The Morgan fingerprint density at radius 1 is 0.860 bits per heavy atom. The molecule has 2 aromatic rings. The number of carbonyl (C=O) groups excluding carboxylic acids is 4. The SMILES string of the molecule is CSCCC(NC(=O)OC(C)OC(=O)C(C)C)C(CCCc1ccccc1)SSC(=O)NCC(=O)OCc1ccccc1. The molecule has 0 aliphatic heterocycles. The molecule has 3 atom stereocenters. The van der Waals surface area contributed by atoms with Gasteiger partial charge in [-0.3, -0.25) is 14.4 Å². The Morgan fingerprint density at radius 2 is 1.51 bits per heavy atom. The molecule has 2 N–H and O–H groups in total. The molecule has 2 amide bonds. The molecule has 0 saturated heterocycles. The summed E-state index contributed by atoms with van der Waals surface area (Å²) >= 11 is 1.65. The summed E-state index contributed by atoms with van der Waals surface area (Å²) < 4.78 is 15.7. The van der Waals surface area contributed by atoms with Crippen molar-refractivity contribution in [2.75, 3.05) is 18.6 Å². The summed E-state index contributed by atoms with van der Waals surface area (Å²) in [4.78, 5) is 49.4. The number of ether oxygens (including phenoxy) is 3. The highest BCUT2D eigenvalue weighted by Gasteiger charge is 2.27. The fourth-order valence-electron chi connectivity index (χ4n) is 3.79. The Morgan fingerprint density at radius 3 is 2.14 bits per heavy atom. The third kappa shape index (κ3) is 16.0. The molecule has 2 rings (SSSR count). The molecule has 0 aliphatic carbocycles. The summed E-state index contributed by atoms with van der Waals surface area (Å²) in [5.41, 5.74) is 2.07. The zero-order valence-electron chi connectivity index (χ0n) is 25.1. The van der Waals surface area contributed by atoms with Crippen LogP contribution < -0.4 is 10.6 Å². The van der Waals surface area contributed by atoms with Crippen LogP contribution in [0.5, 0.6) is 0 Å². The van der Waals surface area contributed by atoms with Gasteiger partial charge in [0.25, 0.3) is 5.24 Å². The van der Waals surface area contributed by atoms with Gasteiger partial charge in [-0.25, -0.2) is 4.79 Å². The first-order chi connectivity index (χ1) is 20.7. The van der Waals surface area contributed by atoms with E-state index in [1.54, 1.807) is 25.6 Å². The summed E-state index contributed by atoms with van der Waals surface area (Å²) in [6, 6.07) is 19.1. The molecule has 0 saturated carbocycles. The van der Waals surface area contributed by atoms with Gasteiger partial charge in [-0.15, -0.1) is 0 Å². The van der Waals surface area contributed by atoms with Gasteiger partial charge in [0, 0.05) is 29.0 Å². The first-order valence-electron chi connectivity index (χ1n) is 14.2. The minimum Gasteiger partial charge on any atom is -0.460 e. The summed E-state index contributed by atoms with van der Waals surface area (Å²) in [6.07, 6.45) is 3.30. The van der Waals surface area contributed by atoms with Crippen LogP contribution in [0.3, 0.4) is 0 Å². The fourth-order valence-corrected chi connectivity index (χ4v) is 6.73. The summed E-state index contributed by atoms with van der Waals surface area (Å²) in [7, 11) is 2.34. The first kappa shape index (κ1) is 36.4. The number of rotatable bonds is 18. The Labute approximate surface area is 266 Å². The van der Waals surface area contributed by atoms with Crippen molar-refractivity contribution in [3.63, 3.8) is 0 Å². The van der Waals surface area contributed by atoms with Crippen LogP contribution in [-0.4, -0.2) is 59.4 Å². The van der Waals surface area contributed by atoms with E-state index in [2.05, 4.69) is 22.8 Å². The van der Waals surface area contributed by atoms with Crippen molar-refractivity contribution in [3.8, 4) is 0 Å². The maximum atomic E-state index is 12.8. The van der Waals surface area contributed by atoms with E-state index in [0.717, 1.165) is 41.4 Å². The van der Waals surface area contributed by atoms with E-state index >= 15 is 0 Å². The number of hydrogen-bond donors (Lipinski definition) is 2. The Balaban J connectivity index is 1.97. The molecule has 3 unspecified atom stereocenters. The number of alkyl carbamates (subject to hydrolysis) is 1. The molecule has 12 heteroatoms. The zero-order valence-corrected chi connectivity index (χ0v) is 27.6. The predicted molar refractivity (Wildman–Crippen MR) is 175 cm³/mol. The third-order valence-electron chi connectivity index (χ3n) is 6.08. The highest BCUT2D eigenvalue weighted by Crippen LogP contribution is 2.34. The van der Waals surface area contributed by atoms with Crippen molar-refractivity contribution < 1.29 is 33.4 Å². The maximum absolute atomic E-state index is 12.8. The molecular weight excluding hydrogens is 609 g/mol. The standard InChI is InChI=1S/C31H42N2O7S3/c1-22(2)29(35)39-23(3)40-30(36)33-26(18-19-41-4)27(17-11-16-24-12-7-5-8-13-24)42-43-31(37)32-20-28(34)38-21-25-14-9-6-10-15-25/h5-10,12-15,22-23,26-27H,11,16-21H2,1-4H3,(H,32,37)(H,33,36). The van der Waals surface area contributed by atoms with Gasteiger partial charge in [0.05, 0.1) is 5.92 Å². The molecular formula is C31H42N2O7S3. The second-order valence-corrected chi connectivity index (χ2v) is 13.4. The molecule has 0 fully saturated rings. The zero-order chi connectivity index (χ0) is 31.5. The van der Waals surface area contributed by atoms with E-state index in [0.29, 0.717) is 6.42 Å². The predicted octanol–water partition coefficient (Wildman–Crippen LogP) is 6.61. The maximum Gasteiger partial charge on any atom is 0.410 e. The molecule has 0 radical (unpaired) electrons. The fraction of sp³-hybridized carbons (Fsp3) is 0.484. The van der Waals surface area contributed by atoms with E-state index in [1.807, 2.05) is 54.8 Å². The second-order valence-electron chi connectivity index (χ2n) is 9.98. The molecule has 0 heterocycles. The number of thioether (sulfide) groups is 1. The van der Waals surface area contributed by atoms with Gasteiger partial charge >= 0.3 is 18.0 Å². The van der Waals surface area contributed by atoms with Gasteiger partial charge in [0.15, 0.2) is 0 Å². The van der Waals surface area contributed by atoms with Gasteiger partial charge in [-0.1, -0.05) is 85.3 Å². The summed E-state index contributed by atoms with van der Waals surface area (Å²) in [5, 5.41) is 5.01. The van der Waals surface area contributed by atoms with Crippen molar-refractivity contribution in [1.29, 1.82) is 0 Å². The van der Waals surface area contributed by atoms with Crippen LogP contribution in [0.15, 0.2) is 60.7 Å². The van der Waals surface area contributed by atoms with Crippen LogP contribution in [-0.2, 0) is 36.8 Å². The van der Waals surface area contributed by atoms with Crippen LogP contribution in [0.4, 0.5) is 9.59 Å². The molecule has 0 aromatic heterocycles. The highest BCUT2D eigenvalue weighted by atomic mass is 33.1. The number of carbonyl (C=O) groups is 4. The largest absolute Gasteiger partial charge is 0.460 e. The lowest BCUT2D eigenvalue weighted by atomic mass is 10.0. The average Bonchev–Trinajstić information content (AvgIpc) is 2.99. The monoisotopic (exact) mass is 650 g/mol. The lowest BCUT2D eigenvalue weighted by Crippen LogP contribution is -2.44. The molecule has 0 aliphatic rings. The molecule has 0 bridgehead atoms. The van der Waals surface area contributed by atoms with E-state index in [1.165, 1.54) is 23.3 Å². The number of nitrogens with one attached hydrogen (secondary N) is 2. The quantitative estimate of drug-likeness (QED) is 0.104. The first-order valence-corrected chi connectivity index (χ1v) is 17.8. The second kappa shape index (κ2) is 21.0. The number of esters is 2. The summed E-state index contributed by atoms with van der Waals surface area (Å²) in [5.74, 6) is -0.553. The number of benzene rings is 2. The molecule has 43 heavy (non-hydrogen) atoms. The Bertz CT molecular complexity index is 1120. The van der Waals surface area contributed by atoms with Crippen LogP contribution in [0.1, 0.15) is 51.2 Å².